The number of hydrogen-bond acceptors (Lipinski definition) is 3. The average Bonchev–Trinajstić information content (AvgIpc) is 3.25. The Morgan fingerprint density at radius 3 is 1.94 bits per heavy atom. The molecule has 0 saturated carbocycles. The molecule has 0 spiro atoms. The van der Waals surface area contributed by atoms with Gasteiger partial charge in [0.05, 0.1) is 18.4 Å². The number of rotatable bonds is 6. The largest absolute Gasteiger partial charge is 0.497 e. The average molecular weight is 436 g/mol. The Labute approximate surface area is 191 Å². The molecule has 0 aliphatic carbocycles. The fourth-order valence-electron chi connectivity index (χ4n) is 3.79. The molecule has 5 rings (SSSR count). The van der Waals surface area contributed by atoms with E-state index in [0.717, 1.165) is 45.3 Å². The molecule has 5 aromatic rings. The normalized spacial score (nSPS) is 10.7. The third-order valence-electron chi connectivity index (χ3n) is 5.42. The van der Waals surface area contributed by atoms with Crippen molar-refractivity contribution in [2.45, 2.75) is 0 Å². The Morgan fingerprint density at radius 2 is 1.33 bits per heavy atom. The van der Waals surface area contributed by atoms with Gasteiger partial charge in [-0.1, -0.05) is 60.7 Å². The van der Waals surface area contributed by atoms with E-state index in [1.807, 2.05) is 77.5 Å². The van der Waals surface area contributed by atoms with Crippen LogP contribution in [0.5, 0.6) is 5.75 Å². The van der Waals surface area contributed by atoms with Crippen LogP contribution in [0.15, 0.2) is 109 Å². The van der Waals surface area contributed by atoms with Crippen molar-refractivity contribution in [2.24, 2.45) is 0 Å². The van der Waals surface area contributed by atoms with Crippen molar-refractivity contribution in [3.63, 3.8) is 0 Å². The third kappa shape index (κ3) is 4.21. The monoisotopic (exact) mass is 435 g/mol. The van der Waals surface area contributed by atoms with Crippen LogP contribution in [0.2, 0.25) is 0 Å². The first-order chi connectivity index (χ1) is 16.2. The van der Waals surface area contributed by atoms with Gasteiger partial charge in [0.2, 0.25) is 0 Å². The second-order valence-electron chi connectivity index (χ2n) is 7.55. The molecule has 0 aliphatic heterocycles. The highest BCUT2D eigenvalue weighted by Crippen LogP contribution is 2.40. The molecule has 0 radical (unpaired) electrons. The molecule has 0 amide bonds. The van der Waals surface area contributed by atoms with Crippen LogP contribution in [-0.2, 0) is 0 Å². The second-order valence-corrected chi connectivity index (χ2v) is 7.55. The topological polar surface area (TPSA) is 39.1 Å². The van der Waals surface area contributed by atoms with E-state index in [4.69, 9.17) is 9.84 Å². The lowest BCUT2D eigenvalue weighted by Crippen LogP contribution is -2.03. The van der Waals surface area contributed by atoms with Gasteiger partial charge in [0.15, 0.2) is 0 Å². The van der Waals surface area contributed by atoms with Crippen molar-refractivity contribution in [1.82, 2.24) is 9.78 Å². The molecule has 5 heteroatoms. The number of benzene rings is 4. The van der Waals surface area contributed by atoms with E-state index < -0.39 is 0 Å². The van der Waals surface area contributed by atoms with Crippen molar-refractivity contribution < 1.29 is 9.13 Å². The summed E-state index contributed by atoms with van der Waals surface area (Å²) >= 11 is 0. The number of nitrogens with one attached hydrogen (secondary N) is 1. The molecule has 0 aliphatic rings. The van der Waals surface area contributed by atoms with Gasteiger partial charge < -0.3 is 10.1 Å². The first-order valence-corrected chi connectivity index (χ1v) is 10.6. The summed E-state index contributed by atoms with van der Waals surface area (Å²) in [6.45, 7) is 0. The molecule has 4 aromatic carbocycles. The van der Waals surface area contributed by atoms with Crippen molar-refractivity contribution >= 4 is 11.5 Å². The Kier molecular flexibility index (Phi) is 5.60. The van der Waals surface area contributed by atoms with Gasteiger partial charge in [-0.05, 0) is 54.1 Å². The lowest BCUT2D eigenvalue weighted by Gasteiger charge is -2.13. The maximum absolute atomic E-state index is 13.7. The summed E-state index contributed by atoms with van der Waals surface area (Å²) in [6.07, 6.45) is 0. The standard InChI is InChI=1S/C28H22FN3O/c1-33-25-18-14-23(15-19-25)30-28-26(20-8-4-2-5-9-20)27(21-10-6-3-7-11-21)31-32(28)24-16-12-22(29)13-17-24/h2-19,30H,1H3. The molecule has 0 atom stereocenters. The zero-order valence-corrected chi connectivity index (χ0v) is 18.1. The number of aromatic nitrogens is 2. The van der Waals surface area contributed by atoms with Crippen molar-refractivity contribution in [3.05, 3.63) is 115 Å². The number of nitrogens with zero attached hydrogens (tertiary/aromatic N) is 2. The van der Waals surface area contributed by atoms with E-state index >= 15 is 0 Å². The zero-order chi connectivity index (χ0) is 22.6. The summed E-state index contributed by atoms with van der Waals surface area (Å²) in [5.74, 6) is 1.28. The molecule has 1 aromatic heterocycles. The summed E-state index contributed by atoms with van der Waals surface area (Å²) in [4.78, 5) is 0. The molecule has 162 valence electrons. The first-order valence-electron chi connectivity index (χ1n) is 10.6. The van der Waals surface area contributed by atoms with E-state index in [1.165, 1.54) is 12.1 Å². The lowest BCUT2D eigenvalue weighted by atomic mass is 10.0. The molecule has 4 nitrogen and oxygen atoms in total. The summed E-state index contributed by atoms with van der Waals surface area (Å²) in [6, 6.07) is 34.3. The SMILES string of the molecule is COc1ccc(Nc2c(-c3ccccc3)c(-c3ccccc3)nn2-c2ccc(F)cc2)cc1. The molecular formula is C28H22FN3O. The number of methoxy groups -OCH3 is 1. The van der Waals surface area contributed by atoms with Crippen LogP contribution in [0.4, 0.5) is 15.9 Å². The molecule has 1 N–H and O–H groups in total. The highest BCUT2D eigenvalue weighted by molar-refractivity contribution is 5.91. The van der Waals surface area contributed by atoms with Crippen molar-refractivity contribution in [2.75, 3.05) is 12.4 Å². The summed E-state index contributed by atoms with van der Waals surface area (Å²) in [5.41, 5.74) is 5.46. The second kappa shape index (κ2) is 9.01. The molecule has 0 fully saturated rings. The van der Waals surface area contributed by atoms with Crippen LogP contribution >= 0.6 is 0 Å². The quantitative estimate of drug-likeness (QED) is 0.309. The van der Waals surface area contributed by atoms with E-state index in [-0.39, 0.29) is 5.82 Å². The van der Waals surface area contributed by atoms with Gasteiger partial charge >= 0.3 is 0 Å². The van der Waals surface area contributed by atoms with Crippen LogP contribution in [-0.4, -0.2) is 16.9 Å². The van der Waals surface area contributed by atoms with Crippen LogP contribution in [0, 0.1) is 5.82 Å². The smallest absolute Gasteiger partial charge is 0.142 e. The Morgan fingerprint density at radius 1 is 0.727 bits per heavy atom. The molecular weight excluding hydrogens is 413 g/mol. The Hall–Kier alpha value is -4.38. The van der Waals surface area contributed by atoms with E-state index in [0.29, 0.717) is 0 Å². The summed E-state index contributed by atoms with van der Waals surface area (Å²) < 4.78 is 20.8. The zero-order valence-electron chi connectivity index (χ0n) is 18.1. The predicted molar refractivity (Wildman–Crippen MR) is 131 cm³/mol. The fourth-order valence-corrected chi connectivity index (χ4v) is 3.79. The predicted octanol–water partition coefficient (Wildman–Crippen LogP) is 7.10. The first kappa shape index (κ1) is 20.5. The number of halogens is 1. The van der Waals surface area contributed by atoms with E-state index in [9.17, 15) is 4.39 Å². The van der Waals surface area contributed by atoms with Gasteiger partial charge in [-0.25, -0.2) is 9.07 Å². The maximum atomic E-state index is 13.7. The van der Waals surface area contributed by atoms with E-state index in [1.54, 1.807) is 19.2 Å². The van der Waals surface area contributed by atoms with Crippen molar-refractivity contribution in [1.29, 1.82) is 0 Å². The Balaban J connectivity index is 1.75. The number of anilines is 2. The van der Waals surface area contributed by atoms with Gasteiger partial charge in [-0.15, -0.1) is 0 Å². The minimum atomic E-state index is -0.290. The van der Waals surface area contributed by atoms with Crippen LogP contribution < -0.4 is 10.1 Å². The summed E-state index contributed by atoms with van der Waals surface area (Å²) in [7, 11) is 1.64. The fraction of sp³-hybridized carbons (Fsp3) is 0.0357. The van der Waals surface area contributed by atoms with Crippen LogP contribution in [0.3, 0.4) is 0 Å². The van der Waals surface area contributed by atoms with Gasteiger partial charge in [0.1, 0.15) is 23.1 Å². The van der Waals surface area contributed by atoms with Crippen LogP contribution in [0.1, 0.15) is 0 Å². The number of ether oxygens (including phenoxy) is 1. The highest BCUT2D eigenvalue weighted by Gasteiger charge is 2.22. The minimum Gasteiger partial charge on any atom is -0.497 e. The molecule has 1 heterocycles. The van der Waals surface area contributed by atoms with Gasteiger partial charge in [-0.2, -0.15) is 5.10 Å². The number of hydrogen-bond donors (Lipinski definition) is 1. The van der Waals surface area contributed by atoms with Crippen molar-refractivity contribution in [3.8, 4) is 33.8 Å². The third-order valence-corrected chi connectivity index (χ3v) is 5.42. The van der Waals surface area contributed by atoms with Gasteiger partial charge in [-0.3, -0.25) is 0 Å². The van der Waals surface area contributed by atoms with Gasteiger partial charge in [0.25, 0.3) is 0 Å². The maximum Gasteiger partial charge on any atom is 0.142 e. The van der Waals surface area contributed by atoms with E-state index in [2.05, 4.69) is 17.4 Å². The molecule has 0 unspecified atom stereocenters. The van der Waals surface area contributed by atoms with Gasteiger partial charge in [0, 0.05) is 11.3 Å². The lowest BCUT2D eigenvalue weighted by molar-refractivity contribution is 0.415. The Bertz CT molecular complexity index is 1350. The molecule has 33 heavy (non-hydrogen) atoms. The highest BCUT2D eigenvalue weighted by atomic mass is 19.1. The molecule has 0 saturated heterocycles. The minimum absolute atomic E-state index is 0.290. The molecule has 0 bridgehead atoms. The summed E-state index contributed by atoms with van der Waals surface area (Å²) in [5, 5.41) is 8.54. The van der Waals surface area contributed by atoms with Crippen LogP contribution in [0.25, 0.3) is 28.1 Å².